The Kier molecular flexibility index (Phi) is 4.56. The summed E-state index contributed by atoms with van der Waals surface area (Å²) in [5.41, 5.74) is 1.26. The van der Waals surface area contributed by atoms with Gasteiger partial charge in [0.1, 0.15) is 11.5 Å². The van der Waals surface area contributed by atoms with E-state index in [9.17, 15) is 4.79 Å². The van der Waals surface area contributed by atoms with Gasteiger partial charge in [0.05, 0.1) is 13.4 Å². The van der Waals surface area contributed by atoms with E-state index in [2.05, 4.69) is 0 Å². The maximum Gasteiger partial charge on any atom is 0.193 e. The number of hydrogen-bond acceptors (Lipinski definition) is 3. The molecule has 0 heterocycles. The van der Waals surface area contributed by atoms with E-state index in [0.717, 1.165) is 5.75 Å². The molecule has 0 radical (unpaired) electrons. The standard InChI is InChI=1S/C17H16O3/c1-3-12-20-16-10-6-14(7-11-16)17(18)13-4-8-15(19-2)9-5-13/h3-12H,1-2H3. The largest absolute Gasteiger partial charge is 0.497 e. The number of allylic oxidation sites excluding steroid dienone is 1. The third kappa shape index (κ3) is 3.26. The van der Waals surface area contributed by atoms with Crippen LogP contribution in [0, 0.1) is 0 Å². The second-order valence-corrected chi connectivity index (χ2v) is 4.17. The quantitative estimate of drug-likeness (QED) is 0.610. The lowest BCUT2D eigenvalue weighted by molar-refractivity contribution is 0.103. The summed E-state index contributed by atoms with van der Waals surface area (Å²) in [7, 11) is 1.60. The van der Waals surface area contributed by atoms with Gasteiger partial charge in [0.2, 0.25) is 0 Å². The average molecular weight is 268 g/mol. The zero-order chi connectivity index (χ0) is 14.4. The molecular weight excluding hydrogens is 252 g/mol. The first-order valence-corrected chi connectivity index (χ1v) is 6.31. The van der Waals surface area contributed by atoms with E-state index in [0.29, 0.717) is 16.9 Å². The summed E-state index contributed by atoms with van der Waals surface area (Å²) >= 11 is 0. The lowest BCUT2D eigenvalue weighted by Gasteiger charge is -2.04. The van der Waals surface area contributed by atoms with E-state index in [4.69, 9.17) is 9.47 Å². The van der Waals surface area contributed by atoms with Crippen molar-refractivity contribution in [2.45, 2.75) is 6.92 Å². The Morgan fingerprint density at radius 3 is 1.85 bits per heavy atom. The predicted molar refractivity (Wildman–Crippen MR) is 78.3 cm³/mol. The Labute approximate surface area is 118 Å². The van der Waals surface area contributed by atoms with Gasteiger partial charge in [-0.15, -0.1) is 0 Å². The smallest absolute Gasteiger partial charge is 0.193 e. The van der Waals surface area contributed by atoms with E-state index in [1.165, 1.54) is 0 Å². The Bertz CT molecular complexity index is 595. The van der Waals surface area contributed by atoms with Crippen LogP contribution in [0.1, 0.15) is 22.8 Å². The van der Waals surface area contributed by atoms with Gasteiger partial charge >= 0.3 is 0 Å². The van der Waals surface area contributed by atoms with Crippen LogP contribution >= 0.6 is 0 Å². The molecule has 0 fully saturated rings. The summed E-state index contributed by atoms with van der Waals surface area (Å²) in [6, 6.07) is 14.1. The topological polar surface area (TPSA) is 35.5 Å². The van der Waals surface area contributed by atoms with Gasteiger partial charge in [-0.05, 0) is 55.5 Å². The van der Waals surface area contributed by atoms with Crippen molar-refractivity contribution in [2.75, 3.05) is 7.11 Å². The monoisotopic (exact) mass is 268 g/mol. The van der Waals surface area contributed by atoms with Gasteiger partial charge in [0.25, 0.3) is 0 Å². The number of hydrogen-bond donors (Lipinski definition) is 0. The molecule has 0 saturated carbocycles. The van der Waals surface area contributed by atoms with Gasteiger partial charge in [-0.1, -0.05) is 6.08 Å². The molecular formula is C17H16O3. The fraction of sp³-hybridized carbons (Fsp3) is 0.118. The minimum Gasteiger partial charge on any atom is -0.497 e. The Morgan fingerprint density at radius 1 is 0.900 bits per heavy atom. The molecule has 0 unspecified atom stereocenters. The second kappa shape index (κ2) is 6.57. The van der Waals surface area contributed by atoms with Crippen molar-refractivity contribution < 1.29 is 14.3 Å². The summed E-state index contributed by atoms with van der Waals surface area (Å²) < 4.78 is 10.4. The van der Waals surface area contributed by atoms with Crippen LogP contribution in [-0.2, 0) is 0 Å². The highest BCUT2D eigenvalue weighted by Crippen LogP contribution is 2.17. The molecule has 0 aliphatic carbocycles. The van der Waals surface area contributed by atoms with Crippen LogP contribution in [0.15, 0.2) is 60.9 Å². The molecule has 0 aromatic heterocycles. The number of carbonyl (C=O) groups is 1. The minimum absolute atomic E-state index is 0.0229. The van der Waals surface area contributed by atoms with Crippen molar-refractivity contribution in [3.05, 3.63) is 72.0 Å². The highest BCUT2D eigenvalue weighted by atomic mass is 16.5. The van der Waals surface area contributed by atoms with Gasteiger partial charge in [-0.2, -0.15) is 0 Å². The second-order valence-electron chi connectivity index (χ2n) is 4.17. The van der Waals surface area contributed by atoms with E-state index in [1.807, 2.05) is 6.92 Å². The molecule has 0 aliphatic rings. The number of ether oxygens (including phenoxy) is 2. The van der Waals surface area contributed by atoms with Gasteiger partial charge in [-0.25, -0.2) is 0 Å². The molecule has 0 amide bonds. The average Bonchev–Trinajstić information content (AvgIpc) is 2.53. The van der Waals surface area contributed by atoms with Gasteiger partial charge in [-0.3, -0.25) is 4.79 Å². The van der Waals surface area contributed by atoms with Crippen LogP contribution < -0.4 is 9.47 Å². The van der Waals surface area contributed by atoms with Crippen LogP contribution in [0.2, 0.25) is 0 Å². The molecule has 0 atom stereocenters. The first-order valence-electron chi connectivity index (χ1n) is 6.31. The number of carbonyl (C=O) groups excluding carboxylic acids is 1. The highest BCUT2D eigenvalue weighted by Gasteiger charge is 2.09. The Hall–Kier alpha value is -2.55. The van der Waals surface area contributed by atoms with Crippen molar-refractivity contribution in [2.24, 2.45) is 0 Å². The van der Waals surface area contributed by atoms with Crippen molar-refractivity contribution in [3.8, 4) is 11.5 Å². The van der Waals surface area contributed by atoms with E-state index >= 15 is 0 Å². The van der Waals surface area contributed by atoms with Crippen molar-refractivity contribution in [1.82, 2.24) is 0 Å². The number of benzene rings is 2. The maximum absolute atomic E-state index is 12.3. The molecule has 0 aliphatic heterocycles. The van der Waals surface area contributed by atoms with Gasteiger partial charge < -0.3 is 9.47 Å². The van der Waals surface area contributed by atoms with Crippen LogP contribution in [0.5, 0.6) is 11.5 Å². The van der Waals surface area contributed by atoms with E-state index in [1.54, 1.807) is 68.0 Å². The molecule has 0 N–H and O–H groups in total. The van der Waals surface area contributed by atoms with Crippen LogP contribution in [-0.4, -0.2) is 12.9 Å². The molecule has 2 rings (SSSR count). The van der Waals surface area contributed by atoms with Crippen LogP contribution in [0.25, 0.3) is 0 Å². The molecule has 2 aromatic carbocycles. The van der Waals surface area contributed by atoms with Gasteiger partial charge in [0, 0.05) is 11.1 Å². The van der Waals surface area contributed by atoms with E-state index in [-0.39, 0.29) is 5.78 Å². The van der Waals surface area contributed by atoms with Gasteiger partial charge in [0.15, 0.2) is 5.78 Å². The van der Waals surface area contributed by atoms with E-state index < -0.39 is 0 Å². The molecule has 20 heavy (non-hydrogen) atoms. The third-order valence-corrected chi connectivity index (χ3v) is 2.81. The SMILES string of the molecule is CC=COc1ccc(C(=O)c2ccc(OC)cc2)cc1. The minimum atomic E-state index is -0.0229. The maximum atomic E-state index is 12.3. The molecule has 0 saturated heterocycles. The third-order valence-electron chi connectivity index (χ3n) is 2.81. The van der Waals surface area contributed by atoms with Crippen molar-refractivity contribution >= 4 is 5.78 Å². The molecule has 3 heteroatoms. The number of rotatable bonds is 5. The summed E-state index contributed by atoms with van der Waals surface area (Å²) in [4.78, 5) is 12.3. The molecule has 2 aromatic rings. The lowest BCUT2D eigenvalue weighted by Crippen LogP contribution is -2.01. The highest BCUT2D eigenvalue weighted by molar-refractivity contribution is 6.09. The lowest BCUT2D eigenvalue weighted by atomic mass is 10.0. The summed E-state index contributed by atoms with van der Waals surface area (Å²) in [6.07, 6.45) is 3.40. The Balaban J connectivity index is 2.15. The molecule has 102 valence electrons. The van der Waals surface area contributed by atoms with Crippen molar-refractivity contribution in [1.29, 1.82) is 0 Å². The zero-order valence-corrected chi connectivity index (χ0v) is 11.5. The molecule has 0 bridgehead atoms. The zero-order valence-electron chi connectivity index (χ0n) is 11.5. The predicted octanol–water partition coefficient (Wildman–Crippen LogP) is 3.84. The molecule has 0 spiro atoms. The van der Waals surface area contributed by atoms with Crippen LogP contribution in [0.4, 0.5) is 0 Å². The van der Waals surface area contributed by atoms with Crippen molar-refractivity contribution in [3.63, 3.8) is 0 Å². The normalized spacial score (nSPS) is 10.5. The summed E-state index contributed by atoms with van der Waals surface area (Å²) in [5.74, 6) is 1.41. The summed E-state index contributed by atoms with van der Waals surface area (Å²) in [6.45, 7) is 1.88. The molecule has 3 nitrogen and oxygen atoms in total. The Morgan fingerprint density at radius 2 is 1.40 bits per heavy atom. The fourth-order valence-electron chi connectivity index (χ4n) is 1.74. The number of methoxy groups -OCH3 is 1. The first-order chi connectivity index (χ1) is 9.74. The first kappa shape index (κ1) is 13.9. The number of ketones is 1. The summed E-state index contributed by atoms with van der Waals surface area (Å²) in [5, 5.41) is 0. The van der Waals surface area contributed by atoms with Crippen LogP contribution in [0.3, 0.4) is 0 Å². The fourth-order valence-corrected chi connectivity index (χ4v) is 1.74.